The zero-order chi connectivity index (χ0) is 39.8. The van der Waals surface area contributed by atoms with E-state index >= 15 is 4.57 Å². The highest BCUT2D eigenvalue weighted by Gasteiger charge is 2.51. The van der Waals surface area contributed by atoms with Crippen LogP contribution in [0.2, 0.25) is 0 Å². The van der Waals surface area contributed by atoms with Gasteiger partial charge in [-0.2, -0.15) is 0 Å². The van der Waals surface area contributed by atoms with Gasteiger partial charge in [0, 0.05) is 43.8 Å². The molecule has 3 heterocycles. The molecule has 0 N–H and O–H groups in total. The van der Waals surface area contributed by atoms with Crippen molar-refractivity contribution in [1.82, 2.24) is 4.57 Å². The number of hydrogen-bond acceptors (Lipinski definition) is 3. The summed E-state index contributed by atoms with van der Waals surface area (Å²) >= 11 is 0. The number of hydrogen-bond donors (Lipinski definition) is 0. The van der Waals surface area contributed by atoms with Crippen molar-refractivity contribution in [3.05, 3.63) is 240 Å². The third kappa shape index (κ3) is 4.83. The minimum atomic E-state index is -3.09. The highest BCUT2D eigenvalue weighted by Crippen LogP contribution is 2.64. The Kier molecular flexibility index (Phi) is 7.82. The van der Waals surface area contributed by atoms with Gasteiger partial charge >= 0.3 is 0 Å². The van der Waals surface area contributed by atoms with E-state index in [1.807, 2.05) is 30.3 Å². The fourth-order valence-corrected chi connectivity index (χ4v) is 13.0. The molecule has 60 heavy (non-hydrogen) atoms. The molecule has 1 aliphatic carbocycles. The molecule has 1 atom stereocenters. The van der Waals surface area contributed by atoms with Gasteiger partial charge in [0.05, 0.1) is 33.2 Å². The highest BCUT2D eigenvalue weighted by atomic mass is 31.2. The minimum absolute atomic E-state index is 0.678. The van der Waals surface area contributed by atoms with Crippen LogP contribution < -0.4 is 20.2 Å². The van der Waals surface area contributed by atoms with Crippen LogP contribution in [-0.2, 0) is 9.98 Å². The Morgan fingerprint density at radius 2 is 1.12 bits per heavy atom. The first kappa shape index (κ1) is 34.9. The van der Waals surface area contributed by atoms with Gasteiger partial charge in [-0.1, -0.05) is 146 Å². The lowest BCUT2D eigenvalue weighted by Gasteiger charge is -2.48. The van der Waals surface area contributed by atoms with E-state index in [2.05, 4.69) is 191 Å². The minimum Gasteiger partial charge on any atom is -0.456 e. The van der Waals surface area contributed by atoms with Crippen LogP contribution in [0.5, 0.6) is 11.5 Å². The molecule has 3 aliphatic rings. The first-order valence-electron chi connectivity index (χ1n) is 20.7. The van der Waals surface area contributed by atoms with Gasteiger partial charge in [-0.3, -0.25) is 0 Å². The molecule has 12 rings (SSSR count). The summed E-state index contributed by atoms with van der Waals surface area (Å²) in [5.74, 6) is 1.71. The summed E-state index contributed by atoms with van der Waals surface area (Å²) in [6.07, 6.45) is 8.23. The Hall–Kier alpha value is -7.13. The second kappa shape index (κ2) is 13.5. The smallest absolute Gasteiger partial charge is 0.170 e. The summed E-state index contributed by atoms with van der Waals surface area (Å²) in [7, 11) is -3.09. The van der Waals surface area contributed by atoms with Gasteiger partial charge in [-0.25, -0.2) is 0 Å². The van der Waals surface area contributed by atoms with E-state index in [4.69, 9.17) is 4.74 Å². The average Bonchev–Trinajstić information content (AvgIpc) is 3.67. The number of benzene rings is 8. The topological polar surface area (TPSA) is 34.5 Å². The summed E-state index contributed by atoms with van der Waals surface area (Å²) in [6.45, 7) is 0. The molecule has 1 unspecified atom stereocenters. The molecule has 2 aliphatic heterocycles. The molecule has 286 valence electrons. The maximum Gasteiger partial charge on any atom is 0.170 e. The van der Waals surface area contributed by atoms with Crippen LogP contribution in [0.4, 0.5) is 17.1 Å². The lowest BCUT2D eigenvalue weighted by atomic mass is 9.61. The molecule has 8 aromatic carbocycles. The van der Waals surface area contributed by atoms with Crippen LogP contribution in [0.1, 0.15) is 35.1 Å². The molecular weight excluding hydrogens is 752 g/mol. The zero-order valence-electron chi connectivity index (χ0n) is 32.8. The van der Waals surface area contributed by atoms with Crippen LogP contribution >= 0.6 is 7.14 Å². The highest BCUT2D eigenvalue weighted by molar-refractivity contribution is 7.82. The molecule has 0 saturated carbocycles. The molecule has 0 saturated heterocycles. The van der Waals surface area contributed by atoms with Gasteiger partial charge in [0.15, 0.2) is 7.14 Å². The molecule has 0 radical (unpaired) electrons. The number of anilines is 3. The largest absolute Gasteiger partial charge is 0.456 e. The van der Waals surface area contributed by atoms with E-state index in [9.17, 15) is 0 Å². The van der Waals surface area contributed by atoms with Crippen molar-refractivity contribution in [1.29, 1.82) is 0 Å². The average molecular weight is 791 g/mol. The Balaban J connectivity index is 1.10. The van der Waals surface area contributed by atoms with Crippen LogP contribution in [-0.4, -0.2) is 4.57 Å². The van der Waals surface area contributed by atoms with Gasteiger partial charge in [0.25, 0.3) is 0 Å². The Labute approximate surface area is 349 Å². The zero-order valence-corrected chi connectivity index (χ0v) is 33.7. The summed E-state index contributed by atoms with van der Waals surface area (Å²) < 4.78 is 24.9. The maximum absolute atomic E-state index is 15.3. The van der Waals surface area contributed by atoms with Gasteiger partial charge in [-0.05, 0) is 90.7 Å². The quantitative estimate of drug-likeness (QED) is 0.163. The number of nitrogens with zero attached hydrogens (tertiary/aromatic N) is 2. The van der Waals surface area contributed by atoms with Gasteiger partial charge < -0.3 is 18.8 Å². The predicted octanol–water partition coefficient (Wildman–Crippen LogP) is 13.6. The van der Waals surface area contributed by atoms with E-state index in [0.29, 0.717) is 0 Å². The van der Waals surface area contributed by atoms with Gasteiger partial charge in [0.2, 0.25) is 0 Å². The van der Waals surface area contributed by atoms with Gasteiger partial charge in [0.1, 0.15) is 11.5 Å². The molecule has 0 amide bonds. The van der Waals surface area contributed by atoms with Crippen molar-refractivity contribution in [2.24, 2.45) is 0 Å². The number of aromatic nitrogens is 1. The Morgan fingerprint density at radius 1 is 0.500 bits per heavy atom. The first-order chi connectivity index (χ1) is 29.7. The molecule has 1 spiro atoms. The second-order valence-electron chi connectivity index (χ2n) is 15.8. The van der Waals surface area contributed by atoms with Crippen molar-refractivity contribution in [2.45, 2.75) is 18.3 Å². The number of ether oxygens (including phenoxy) is 1. The molecule has 4 nitrogen and oxygen atoms in total. The van der Waals surface area contributed by atoms with Crippen LogP contribution in [0.15, 0.2) is 218 Å². The normalized spacial score (nSPS) is 15.7. The molecule has 0 bridgehead atoms. The fraction of sp³-hybridized carbons (Fsp3) is 0.0545. The SMILES string of the molecule is O=P(C1=CCCC=C1)(c1ccccc1)c1ccc(-n2c3ccccc3c3c4c(ccc32)C2(c3ccccc3O4)c3ccccc3N(c3ccccc3)c3ccccc32)cc1. The standard InChI is InChI=1S/C55H39N2O2P/c58-60(40-20-6-2-7-21-40,41-22-8-3-9-23-41)42-34-32-39(33-35-42)56-48-28-14-10-24-43(48)53-51(56)37-36-47-54(53)59-52-31-17-13-27-46(52)55(47)44-25-11-15-29-49(44)57(38-18-4-1-5-19-38)50-30-16-12-26-45(50)55/h1-2,4-8,10-37H,3,9H2. The molecular formula is C55H39N2O2P. The van der Waals surface area contributed by atoms with Crippen molar-refractivity contribution in [2.75, 3.05) is 4.90 Å². The lowest BCUT2D eigenvalue weighted by molar-refractivity contribution is 0.439. The number of allylic oxidation sites excluding steroid dienone is 4. The van der Waals surface area contributed by atoms with Crippen molar-refractivity contribution >= 4 is 56.6 Å². The molecule has 0 fully saturated rings. The van der Waals surface area contributed by atoms with Crippen LogP contribution in [0.25, 0.3) is 27.5 Å². The number of rotatable bonds is 5. The van der Waals surface area contributed by atoms with Crippen molar-refractivity contribution < 1.29 is 9.30 Å². The third-order valence-electron chi connectivity index (χ3n) is 12.7. The van der Waals surface area contributed by atoms with Crippen molar-refractivity contribution in [3.63, 3.8) is 0 Å². The summed E-state index contributed by atoms with van der Waals surface area (Å²) in [4.78, 5) is 2.40. The second-order valence-corrected chi connectivity index (χ2v) is 18.6. The summed E-state index contributed by atoms with van der Waals surface area (Å²) in [6, 6.07) is 68.5. The van der Waals surface area contributed by atoms with E-state index in [0.717, 1.165) is 95.9 Å². The monoisotopic (exact) mass is 790 g/mol. The fourth-order valence-electron chi connectivity index (χ4n) is 10.2. The lowest BCUT2D eigenvalue weighted by Crippen LogP contribution is -2.39. The van der Waals surface area contributed by atoms with E-state index in [-0.39, 0.29) is 0 Å². The Morgan fingerprint density at radius 3 is 1.83 bits per heavy atom. The summed E-state index contributed by atoms with van der Waals surface area (Å²) in [5.41, 5.74) is 10.5. The van der Waals surface area contributed by atoms with Crippen LogP contribution in [0, 0.1) is 0 Å². The van der Waals surface area contributed by atoms with Gasteiger partial charge in [-0.15, -0.1) is 0 Å². The van der Waals surface area contributed by atoms with Crippen molar-refractivity contribution in [3.8, 4) is 17.2 Å². The number of para-hydroxylation sites is 5. The summed E-state index contributed by atoms with van der Waals surface area (Å²) in [5, 5.41) is 4.76. The maximum atomic E-state index is 15.3. The predicted molar refractivity (Wildman–Crippen MR) is 247 cm³/mol. The molecule has 1 aromatic heterocycles. The molecule has 5 heteroatoms. The third-order valence-corrected chi connectivity index (χ3v) is 15.9. The first-order valence-corrected chi connectivity index (χ1v) is 22.4. The molecule has 9 aromatic rings. The Bertz CT molecular complexity index is 3220. The van der Waals surface area contributed by atoms with E-state index in [1.54, 1.807) is 0 Å². The van der Waals surface area contributed by atoms with E-state index in [1.165, 1.54) is 11.1 Å². The van der Waals surface area contributed by atoms with E-state index < -0.39 is 12.6 Å². The van der Waals surface area contributed by atoms with Crippen LogP contribution in [0.3, 0.4) is 0 Å². The number of fused-ring (bicyclic) bond motifs is 12.